The number of methoxy groups -OCH3 is 3. The van der Waals surface area contributed by atoms with Crippen LogP contribution >= 0.6 is 0 Å². The van der Waals surface area contributed by atoms with Crippen LogP contribution in [0.4, 0.5) is 10.5 Å². The lowest BCUT2D eigenvalue weighted by Crippen LogP contribution is -2.28. The van der Waals surface area contributed by atoms with Gasteiger partial charge in [-0.15, -0.1) is 0 Å². The average molecular weight is 237 g/mol. The summed E-state index contributed by atoms with van der Waals surface area (Å²) in [5, 5.41) is 0. The van der Waals surface area contributed by atoms with E-state index in [1.54, 1.807) is 25.2 Å². The SMILES string of the molecule is COC(=O)N1CCc2c1ccc(OC)c2OC. The van der Waals surface area contributed by atoms with Gasteiger partial charge in [0.05, 0.1) is 27.0 Å². The van der Waals surface area contributed by atoms with Crippen molar-refractivity contribution in [1.29, 1.82) is 0 Å². The number of benzene rings is 1. The topological polar surface area (TPSA) is 48.0 Å². The molecule has 1 aliphatic rings. The smallest absolute Gasteiger partial charge is 0.414 e. The molecular weight excluding hydrogens is 222 g/mol. The van der Waals surface area contributed by atoms with Gasteiger partial charge in [-0.3, -0.25) is 4.90 Å². The molecule has 1 amide bonds. The molecule has 17 heavy (non-hydrogen) atoms. The molecule has 0 saturated carbocycles. The van der Waals surface area contributed by atoms with Gasteiger partial charge in [0.25, 0.3) is 0 Å². The quantitative estimate of drug-likeness (QED) is 0.787. The monoisotopic (exact) mass is 237 g/mol. The summed E-state index contributed by atoms with van der Waals surface area (Å²) in [6, 6.07) is 3.64. The molecule has 2 rings (SSSR count). The first kappa shape index (κ1) is 11.6. The molecule has 0 aromatic heterocycles. The second-order valence-corrected chi connectivity index (χ2v) is 3.67. The predicted molar refractivity (Wildman–Crippen MR) is 63.0 cm³/mol. The fourth-order valence-corrected chi connectivity index (χ4v) is 2.12. The molecule has 1 heterocycles. The fourth-order valence-electron chi connectivity index (χ4n) is 2.12. The summed E-state index contributed by atoms with van der Waals surface area (Å²) in [7, 11) is 4.57. The third-order valence-corrected chi connectivity index (χ3v) is 2.89. The Labute approximate surface area is 99.9 Å². The lowest BCUT2D eigenvalue weighted by atomic mass is 10.1. The maximum absolute atomic E-state index is 11.6. The molecule has 5 heteroatoms. The molecule has 5 nitrogen and oxygen atoms in total. The van der Waals surface area contributed by atoms with Gasteiger partial charge in [0, 0.05) is 12.1 Å². The highest BCUT2D eigenvalue weighted by Crippen LogP contribution is 2.41. The highest BCUT2D eigenvalue weighted by Gasteiger charge is 2.29. The number of hydrogen-bond acceptors (Lipinski definition) is 4. The van der Waals surface area contributed by atoms with E-state index in [4.69, 9.17) is 14.2 Å². The van der Waals surface area contributed by atoms with Crippen molar-refractivity contribution < 1.29 is 19.0 Å². The van der Waals surface area contributed by atoms with Crippen LogP contribution < -0.4 is 14.4 Å². The molecule has 1 aromatic carbocycles. The molecule has 0 aliphatic carbocycles. The third-order valence-electron chi connectivity index (χ3n) is 2.89. The van der Waals surface area contributed by atoms with E-state index >= 15 is 0 Å². The van der Waals surface area contributed by atoms with E-state index in [1.807, 2.05) is 6.07 Å². The van der Waals surface area contributed by atoms with Crippen LogP contribution in [0.1, 0.15) is 5.56 Å². The minimum Gasteiger partial charge on any atom is -0.493 e. The minimum atomic E-state index is -0.351. The van der Waals surface area contributed by atoms with Crippen LogP contribution in [0.3, 0.4) is 0 Å². The first-order valence-electron chi connectivity index (χ1n) is 5.32. The zero-order valence-corrected chi connectivity index (χ0v) is 10.1. The molecule has 1 aliphatic heterocycles. The third kappa shape index (κ3) is 1.77. The van der Waals surface area contributed by atoms with Crippen molar-refractivity contribution in [2.75, 3.05) is 32.8 Å². The van der Waals surface area contributed by atoms with Crippen LogP contribution in [0.25, 0.3) is 0 Å². The van der Waals surface area contributed by atoms with Crippen molar-refractivity contribution in [2.45, 2.75) is 6.42 Å². The Hall–Kier alpha value is -1.91. The Morgan fingerprint density at radius 2 is 2.00 bits per heavy atom. The molecule has 0 fully saturated rings. The van der Waals surface area contributed by atoms with Crippen LogP contribution in [0.15, 0.2) is 12.1 Å². The van der Waals surface area contributed by atoms with Crippen LogP contribution in [-0.4, -0.2) is 34.0 Å². The molecule has 0 unspecified atom stereocenters. The summed E-state index contributed by atoms with van der Waals surface area (Å²) < 4.78 is 15.3. The summed E-state index contributed by atoms with van der Waals surface area (Å²) in [5.41, 5.74) is 1.81. The molecule has 0 atom stereocenters. The largest absolute Gasteiger partial charge is 0.493 e. The van der Waals surface area contributed by atoms with Crippen LogP contribution in [0.2, 0.25) is 0 Å². The zero-order valence-electron chi connectivity index (χ0n) is 10.1. The van der Waals surface area contributed by atoms with Gasteiger partial charge >= 0.3 is 6.09 Å². The minimum absolute atomic E-state index is 0.351. The lowest BCUT2D eigenvalue weighted by Gasteiger charge is -2.17. The standard InChI is InChI=1S/C12H15NO4/c1-15-10-5-4-9-8(11(10)16-2)6-7-13(9)12(14)17-3/h4-5H,6-7H2,1-3H3. The summed E-state index contributed by atoms with van der Waals surface area (Å²) in [6.07, 6.45) is 0.390. The summed E-state index contributed by atoms with van der Waals surface area (Å²) in [4.78, 5) is 13.2. The first-order valence-corrected chi connectivity index (χ1v) is 5.32. The van der Waals surface area contributed by atoms with Gasteiger partial charge in [0.1, 0.15) is 0 Å². The first-order chi connectivity index (χ1) is 8.22. The van der Waals surface area contributed by atoms with Crippen molar-refractivity contribution in [3.05, 3.63) is 17.7 Å². The van der Waals surface area contributed by atoms with Gasteiger partial charge in [-0.1, -0.05) is 0 Å². The molecule has 0 saturated heterocycles. The second-order valence-electron chi connectivity index (χ2n) is 3.67. The van der Waals surface area contributed by atoms with Gasteiger partial charge in [-0.25, -0.2) is 4.79 Å². The Morgan fingerprint density at radius 1 is 1.24 bits per heavy atom. The number of rotatable bonds is 2. The molecule has 0 N–H and O–H groups in total. The lowest BCUT2D eigenvalue weighted by molar-refractivity contribution is 0.179. The number of carbonyl (C=O) groups excluding carboxylic acids is 1. The maximum Gasteiger partial charge on any atom is 0.414 e. The van der Waals surface area contributed by atoms with Crippen molar-refractivity contribution in [1.82, 2.24) is 0 Å². The van der Waals surface area contributed by atoms with Crippen molar-refractivity contribution >= 4 is 11.8 Å². The van der Waals surface area contributed by atoms with Gasteiger partial charge in [0.2, 0.25) is 0 Å². The number of carbonyl (C=O) groups is 1. The Bertz CT molecular complexity index is 444. The van der Waals surface area contributed by atoms with Gasteiger partial charge in [0.15, 0.2) is 11.5 Å². The molecule has 0 radical (unpaired) electrons. The van der Waals surface area contributed by atoms with E-state index in [0.717, 1.165) is 17.7 Å². The number of nitrogens with zero attached hydrogens (tertiary/aromatic N) is 1. The fraction of sp³-hybridized carbons (Fsp3) is 0.417. The summed E-state index contributed by atoms with van der Waals surface area (Å²) in [6.45, 7) is 0.603. The highest BCUT2D eigenvalue weighted by atomic mass is 16.5. The molecule has 0 spiro atoms. The van der Waals surface area contributed by atoms with E-state index in [-0.39, 0.29) is 6.09 Å². The molecular formula is C12H15NO4. The van der Waals surface area contributed by atoms with E-state index < -0.39 is 0 Å². The number of fused-ring (bicyclic) bond motifs is 1. The average Bonchev–Trinajstić information content (AvgIpc) is 2.80. The van der Waals surface area contributed by atoms with Crippen LogP contribution in [-0.2, 0) is 11.2 Å². The van der Waals surface area contributed by atoms with E-state index in [2.05, 4.69) is 0 Å². The second kappa shape index (κ2) is 4.53. The van der Waals surface area contributed by atoms with E-state index in [1.165, 1.54) is 7.11 Å². The molecule has 0 bridgehead atoms. The predicted octanol–water partition coefficient (Wildman–Crippen LogP) is 1.83. The Morgan fingerprint density at radius 3 is 2.59 bits per heavy atom. The van der Waals surface area contributed by atoms with E-state index in [9.17, 15) is 4.79 Å². The number of ether oxygens (including phenoxy) is 3. The van der Waals surface area contributed by atoms with Crippen molar-refractivity contribution in [3.8, 4) is 11.5 Å². The number of amides is 1. The van der Waals surface area contributed by atoms with Crippen molar-refractivity contribution in [2.24, 2.45) is 0 Å². The van der Waals surface area contributed by atoms with Crippen molar-refractivity contribution in [3.63, 3.8) is 0 Å². The normalized spacial score (nSPS) is 13.2. The maximum atomic E-state index is 11.6. The summed E-state index contributed by atoms with van der Waals surface area (Å²) >= 11 is 0. The number of anilines is 1. The van der Waals surface area contributed by atoms with Crippen LogP contribution in [0.5, 0.6) is 11.5 Å². The molecule has 1 aromatic rings. The van der Waals surface area contributed by atoms with Gasteiger partial charge < -0.3 is 14.2 Å². The van der Waals surface area contributed by atoms with Gasteiger partial charge in [-0.05, 0) is 18.6 Å². The van der Waals surface area contributed by atoms with Crippen LogP contribution in [0, 0.1) is 0 Å². The number of hydrogen-bond donors (Lipinski definition) is 0. The molecule has 92 valence electrons. The van der Waals surface area contributed by atoms with Gasteiger partial charge in [-0.2, -0.15) is 0 Å². The Balaban J connectivity index is 2.45. The zero-order chi connectivity index (χ0) is 12.4. The highest BCUT2D eigenvalue weighted by molar-refractivity contribution is 5.91. The Kier molecular flexibility index (Phi) is 3.08. The van der Waals surface area contributed by atoms with E-state index in [0.29, 0.717) is 18.0 Å². The summed E-state index contributed by atoms with van der Waals surface area (Å²) in [5.74, 6) is 1.37.